The fourth-order valence-corrected chi connectivity index (χ4v) is 11.8. The Bertz CT molecular complexity index is 3860. The van der Waals surface area contributed by atoms with E-state index in [2.05, 4.69) is 276 Å². The molecule has 0 fully saturated rings. The molecule has 0 saturated heterocycles. The Kier molecular flexibility index (Phi) is 8.84. The second-order valence-corrected chi connectivity index (χ2v) is 18.4. The number of para-hydroxylation sites is 1. The molecule has 0 amide bonds. The molecule has 12 aromatic rings. The lowest BCUT2D eigenvalue weighted by molar-refractivity contribution is 0.768. The minimum absolute atomic E-state index is 0.512. The molecule has 1 heterocycles. The normalized spacial score (nSPS) is 12.8. The van der Waals surface area contributed by atoms with Crippen molar-refractivity contribution in [3.63, 3.8) is 0 Å². The van der Waals surface area contributed by atoms with Gasteiger partial charge in [-0.15, -0.1) is 0 Å². The third-order valence-electron chi connectivity index (χ3n) is 14.8. The van der Waals surface area contributed by atoms with E-state index in [1.54, 1.807) is 0 Å². The van der Waals surface area contributed by atoms with E-state index in [9.17, 15) is 0 Å². The molecule has 0 saturated carbocycles. The van der Waals surface area contributed by atoms with Gasteiger partial charge in [-0.25, -0.2) is 0 Å². The molecular weight excluding hydrogens is 833 g/mol. The zero-order valence-corrected chi connectivity index (χ0v) is 37.8. The van der Waals surface area contributed by atoms with Crippen LogP contribution in [0, 0.1) is 0 Å². The van der Waals surface area contributed by atoms with Gasteiger partial charge in [-0.05, 0) is 133 Å². The van der Waals surface area contributed by atoms with Crippen LogP contribution in [0.5, 0.6) is 0 Å². The topological polar surface area (TPSA) is 8.17 Å². The Morgan fingerprint density at radius 1 is 0.333 bits per heavy atom. The van der Waals surface area contributed by atoms with Crippen molar-refractivity contribution in [1.29, 1.82) is 0 Å². The SMILES string of the molecule is c1ccc(-c2ccc(N(c3ccc(-c4ccc5c(c4)c4c(n5-c5ccccc5)-c5cccc6cccc-4c56)cc3)c3ccc4c(c3)C(c3ccccc3)(c3ccccc3)c3ccccc3-4)cc2)cc1. The zero-order valence-electron chi connectivity index (χ0n) is 37.8. The van der Waals surface area contributed by atoms with E-state index >= 15 is 0 Å². The summed E-state index contributed by atoms with van der Waals surface area (Å²) >= 11 is 0. The maximum absolute atomic E-state index is 2.46. The summed E-state index contributed by atoms with van der Waals surface area (Å²) in [6.07, 6.45) is 0. The second kappa shape index (κ2) is 15.6. The van der Waals surface area contributed by atoms with Gasteiger partial charge in [0.05, 0.1) is 16.6 Å². The van der Waals surface area contributed by atoms with Crippen LogP contribution in [-0.2, 0) is 5.41 Å². The highest BCUT2D eigenvalue weighted by Gasteiger charge is 2.46. The summed E-state index contributed by atoms with van der Waals surface area (Å²) in [5.74, 6) is 0. The van der Waals surface area contributed by atoms with Crippen molar-refractivity contribution in [2.45, 2.75) is 5.41 Å². The molecule has 2 aliphatic carbocycles. The largest absolute Gasteiger partial charge is 0.310 e. The highest BCUT2D eigenvalue weighted by molar-refractivity contribution is 6.22. The van der Waals surface area contributed by atoms with E-state index in [1.807, 2.05) is 0 Å². The predicted octanol–water partition coefficient (Wildman–Crippen LogP) is 17.6. The Morgan fingerprint density at radius 2 is 0.841 bits per heavy atom. The molecule has 322 valence electrons. The lowest BCUT2D eigenvalue weighted by atomic mass is 9.67. The average molecular weight is 877 g/mol. The maximum Gasteiger partial charge on any atom is 0.0714 e. The summed E-state index contributed by atoms with van der Waals surface area (Å²) in [4.78, 5) is 2.43. The minimum atomic E-state index is -0.512. The van der Waals surface area contributed by atoms with Gasteiger partial charge < -0.3 is 9.47 Å². The van der Waals surface area contributed by atoms with Crippen molar-refractivity contribution in [3.05, 3.63) is 289 Å². The lowest BCUT2D eigenvalue weighted by Gasteiger charge is -2.35. The third-order valence-corrected chi connectivity index (χ3v) is 14.8. The lowest BCUT2D eigenvalue weighted by Crippen LogP contribution is -2.28. The summed E-state index contributed by atoms with van der Waals surface area (Å²) in [7, 11) is 0. The first-order valence-electron chi connectivity index (χ1n) is 23.9. The van der Waals surface area contributed by atoms with Crippen LogP contribution in [0.1, 0.15) is 22.3 Å². The fraction of sp³-hybridized carbons (Fsp3) is 0.0149. The molecule has 14 rings (SSSR count). The standard InChI is InChI=1S/C67H44N2/c1-5-17-45(18-6-1)46-31-36-53(37-32-46)68(55-40-41-57-56-27-13-14-30-61(56)67(62(57)44-55,50-21-7-2-8-22-50)51-23-9-3-10-24-51)54-38-33-47(34-39-54)49-35-42-63-60(43-49)65-58-28-15-19-48-20-16-29-59(64(48)58)66(65)69(63)52-25-11-4-12-26-52/h1-44H. The molecule has 1 aromatic heterocycles. The smallest absolute Gasteiger partial charge is 0.0714 e. The van der Waals surface area contributed by atoms with Gasteiger partial charge in [0.15, 0.2) is 0 Å². The highest BCUT2D eigenvalue weighted by atomic mass is 15.1. The first-order chi connectivity index (χ1) is 34.2. The molecule has 2 nitrogen and oxygen atoms in total. The Labute approximate surface area is 402 Å². The van der Waals surface area contributed by atoms with Gasteiger partial charge in [-0.1, -0.05) is 206 Å². The van der Waals surface area contributed by atoms with Crippen molar-refractivity contribution in [2.24, 2.45) is 0 Å². The predicted molar refractivity (Wildman–Crippen MR) is 288 cm³/mol. The van der Waals surface area contributed by atoms with E-state index < -0.39 is 5.41 Å². The third kappa shape index (κ3) is 5.92. The van der Waals surface area contributed by atoms with E-state index in [1.165, 1.54) is 105 Å². The molecule has 0 spiro atoms. The van der Waals surface area contributed by atoms with Crippen molar-refractivity contribution in [1.82, 2.24) is 4.57 Å². The van der Waals surface area contributed by atoms with Crippen LogP contribution in [0.15, 0.2) is 267 Å². The average Bonchev–Trinajstić information content (AvgIpc) is 4.05. The van der Waals surface area contributed by atoms with Crippen molar-refractivity contribution >= 4 is 38.7 Å². The van der Waals surface area contributed by atoms with Crippen LogP contribution in [0.2, 0.25) is 0 Å². The van der Waals surface area contributed by atoms with E-state index in [0.29, 0.717) is 0 Å². The van der Waals surface area contributed by atoms with Crippen molar-refractivity contribution in [2.75, 3.05) is 4.90 Å². The van der Waals surface area contributed by atoms with Crippen LogP contribution in [0.3, 0.4) is 0 Å². The number of fused-ring (bicyclic) bond motifs is 8. The monoisotopic (exact) mass is 876 g/mol. The van der Waals surface area contributed by atoms with Gasteiger partial charge in [-0.3, -0.25) is 0 Å². The number of anilines is 3. The van der Waals surface area contributed by atoms with Gasteiger partial charge in [0.25, 0.3) is 0 Å². The van der Waals surface area contributed by atoms with Gasteiger partial charge >= 0.3 is 0 Å². The number of rotatable bonds is 8. The molecule has 69 heavy (non-hydrogen) atoms. The van der Waals surface area contributed by atoms with Gasteiger partial charge in [-0.2, -0.15) is 0 Å². The summed E-state index contributed by atoms with van der Waals surface area (Å²) < 4.78 is 2.46. The Hall–Kier alpha value is -8.98. The molecule has 0 unspecified atom stereocenters. The fourth-order valence-electron chi connectivity index (χ4n) is 11.8. The summed E-state index contributed by atoms with van der Waals surface area (Å²) in [6, 6.07) is 98.4. The molecule has 0 bridgehead atoms. The summed E-state index contributed by atoms with van der Waals surface area (Å²) in [6.45, 7) is 0. The maximum atomic E-state index is 2.46. The van der Waals surface area contributed by atoms with E-state index in [-0.39, 0.29) is 0 Å². The number of aromatic nitrogens is 1. The van der Waals surface area contributed by atoms with Crippen LogP contribution in [0.25, 0.3) is 83.1 Å². The number of nitrogens with zero attached hydrogens (tertiary/aromatic N) is 2. The molecular formula is C67H44N2. The first kappa shape index (κ1) is 39.2. The van der Waals surface area contributed by atoms with Crippen LogP contribution in [0.4, 0.5) is 17.1 Å². The summed E-state index contributed by atoms with van der Waals surface area (Å²) in [5, 5.41) is 3.88. The van der Waals surface area contributed by atoms with Gasteiger partial charge in [0, 0.05) is 39.3 Å². The Morgan fingerprint density at radius 3 is 1.51 bits per heavy atom. The second-order valence-electron chi connectivity index (χ2n) is 18.4. The molecule has 2 aliphatic rings. The van der Waals surface area contributed by atoms with Crippen LogP contribution in [-0.4, -0.2) is 4.57 Å². The number of benzene rings is 11. The van der Waals surface area contributed by atoms with Gasteiger partial charge in [0.1, 0.15) is 0 Å². The molecule has 0 atom stereocenters. The van der Waals surface area contributed by atoms with Gasteiger partial charge in [0.2, 0.25) is 0 Å². The Balaban J connectivity index is 0.931. The number of hydrogen-bond acceptors (Lipinski definition) is 1. The van der Waals surface area contributed by atoms with Crippen molar-refractivity contribution in [3.8, 4) is 61.5 Å². The van der Waals surface area contributed by atoms with Crippen molar-refractivity contribution < 1.29 is 0 Å². The highest BCUT2D eigenvalue weighted by Crippen LogP contribution is 2.58. The minimum Gasteiger partial charge on any atom is -0.310 e. The van der Waals surface area contributed by atoms with Crippen LogP contribution >= 0.6 is 0 Å². The molecule has 0 radical (unpaired) electrons. The zero-order chi connectivity index (χ0) is 45.5. The summed E-state index contributed by atoms with van der Waals surface area (Å²) in [5.41, 5.74) is 22.7. The van der Waals surface area contributed by atoms with E-state index in [0.717, 1.165) is 17.1 Å². The molecule has 0 N–H and O–H groups in total. The molecule has 0 aliphatic heterocycles. The quantitative estimate of drug-likeness (QED) is 0.148. The van der Waals surface area contributed by atoms with E-state index in [4.69, 9.17) is 0 Å². The first-order valence-corrected chi connectivity index (χ1v) is 23.9. The molecule has 11 aromatic carbocycles. The number of hydrogen-bond donors (Lipinski definition) is 0. The van der Waals surface area contributed by atoms with Crippen LogP contribution < -0.4 is 4.90 Å². The molecule has 2 heteroatoms.